The molecule has 5 rings (SSSR count). The van der Waals surface area contributed by atoms with Crippen LogP contribution in [0.3, 0.4) is 0 Å². The van der Waals surface area contributed by atoms with Gasteiger partial charge in [0.05, 0.1) is 12.2 Å². The number of carbonyl (C=O) groups is 2. The molecule has 274 valence electrons. The van der Waals surface area contributed by atoms with E-state index in [0.717, 1.165) is 114 Å². The average molecular weight is 700 g/mol. The first-order chi connectivity index (χ1) is 24.2. The zero-order chi connectivity index (χ0) is 37.1. The van der Waals surface area contributed by atoms with E-state index in [1.54, 1.807) is 13.8 Å². The number of unbranched alkanes of at least 4 members (excludes halogenated alkanes) is 3. The minimum Gasteiger partial charge on any atom is -0.481 e. The molecule has 4 aromatic heterocycles. The number of nitrogens with two attached hydrogens (primary N) is 1. The SMILES string of the molecule is Cc1c2[nH]c(c1CCC(=O)O)C=c1[nH]c(c(C)c1CCC(=O)O)=Cc1c(C)c(C(C)O)c(n1CCCCCCN)C=c1[nH]c(c(C(C)O)c1C)=C2. The number of rotatable bonds is 14. The summed E-state index contributed by atoms with van der Waals surface area (Å²) < 4.78 is 2.27. The summed E-state index contributed by atoms with van der Waals surface area (Å²) in [4.78, 5) is 34.2. The summed E-state index contributed by atoms with van der Waals surface area (Å²) in [5.74, 6) is -1.79. The van der Waals surface area contributed by atoms with Gasteiger partial charge in [-0.3, -0.25) is 9.59 Å². The highest BCUT2D eigenvalue weighted by Crippen LogP contribution is 2.31. The second-order valence-corrected chi connectivity index (χ2v) is 14.0. The first-order valence-electron chi connectivity index (χ1n) is 18.0. The van der Waals surface area contributed by atoms with Crippen LogP contribution in [0.2, 0.25) is 0 Å². The number of aliphatic hydroxyl groups excluding tert-OH is 2. The summed E-state index contributed by atoms with van der Waals surface area (Å²) in [6.07, 6.45) is 11.0. The van der Waals surface area contributed by atoms with Crippen LogP contribution in [0.5, 0.6) is 0 Å². The van der Waals surface area contributed by atoms with E-state index in [2.05, 4.69) is 31.7 Å². The molecule has 2 atom stereocenters. The summed E-state index contributed by atoms with van der Waals surface area (Å²) in [5.41, 5.74) is 16.1. The third-order valence-electron chi connectivity index (χ3n) is 10.4. The Balaban J connectivity index is 1.94. The quantitative estimate of drug-likeness (QED) is 0.0817. The molecule has 8 bridgehead atoms. The molecule has 0 amide bonds. The van der Waals surface area contributed by atoms with Crippen molar-refractivity contribution in [3.63, 3.8) is 0 Å². The number of H-pyrrole nitrogens is 3. The lowest BCUT2D eigenvalue weighted by atomic mass is 10.0. The van der Waals surface area contributed by atoms with Crippen molar-refractivity contribution in [1.29, 1.82) is 0 Å². The molecule has 0 aromatic carbocycles. The minimum absolute atomic E-state index is 0.0481. The maximum Gasteiger partial charge on any atom is 0.303 e. The van der Waals surface area contributed by atoms with E-state index >= 15 is 0 Å². The van der Waals surface area contributed by atoms with Crippen molar-refractivity contribution in [3.05, 3.63) is 88.7 Å². The molecular weight excluding hydrogens is 646 g/mol. The fourth-order valence-electron chi connectivity index (χ4n) is 7.70. The Labute approximate surface area is 297 Å². The highest BCUT2D eigenvalue weighted by molar-refractivity contribution is 5.70. The molecule has 51 heavy (non-hydrogen) atoms. The number of aliphatic carboxylic acids is 2. The lowest BCUT2D eigenvalue weighted by Gasteiger charge is -2.12. The minimum atomic E-state index is -0.898. The zero-order valence-electron chi connectivity index (χ0n) is 30.7. The molecule has 0 aliphatic carbocycles. The third-order valence-corrected chi connectivity index (χ3v) is 10.4. The molecule has 0 saturated carbocycles. The van der Waals surface area contributed by atoms with Gasteiger partial charge < -0.3 is 45.7 Å². The Hall–Kier alpha value is -4.58. The highest BCUT2D eigenvalue weighted by atomic mass is 16.4. The normalized spacial score (nSPS) is 13.6. The number of aromatic nitrogens is 4. The van der Waals surface area contributed by atoms with Gasteiger partial charge in [-0.25, -0.2) is 0 Å². The molecule has 5 heterocycles. The molecule has 9 N–H and O–H groups in total. The fraction of sp³-hybridized carbons (Fsp3) is 0.450. The van der Waals surface area contributed by atoms with Crippen LogP contribution in [0.25, 0.3) is 24.3 Å². The Kier molecular flexibility index (Phi) is 11.6. The van der Waals surface area contributed by atoms with Crippen molar-refractivity contribution in [2.75, 3.05) is 6.54 Å². The zero-order valence-corrected chi connectivity index (χ0v) is 30.7. The van der Waals surface area contributed by atoms with Crippen LogP contribution in [0.4, 0.5) is 0 Å². The number of carboxylic acid groups (broad SMARTS) is 2. The predicted octanol–water partition coefficient (Wildman–Crippen LogP) is 2.99. The molecule has 11 nitrogen and oxygen atoms in total. The first kappa shape index (κ1) is 37.7. The van der Waals surface area contributed by atoms with Crippen LogP contribution in [-0.2, 0) is 29.0 Å². The molecule has 1 aliphatic heterocycles. The van der Waals surface area contributed by atoms with Gasteiger partial charge in [0.2, 0.25) is 0 Å². The van der Waals surface area contributed by atoms with Gasteiger partial charge in [0.15, 0.2) is 0 Å². The molecule has 1 aliphatic rings. The van der Waals surface area contributed by atoms with Crippen molar-refractivity contribution in [2.45, 2.75) is 112 Å². The fourth-order valence-corrected chi connectivity index (χ4v) is 7.70. The summed E-state index contributed by atoms with van der Waals surface area (Å²) in [6, 6.07) is 0. The highest BCUT2D eigenvalue weighted by Gasteiger charge is 2.23. The Bertz CT molecular complexity index is 2190. The number of fused-ring (bicyclic) bond motifs is 8. The predicted molar refractivity (Wildman–Crippen MR) is 199 cm³/mol. The Morgan fingerprint density at radius 3 is 1.84 bits per heavy atom. The van der Waals surface area contributed by atoms with Gasteiger partial charge in [-0.15, -0.1) is 0 Å². The Morgan fingerprint density at radius 1 is 0.647 bits per heavy atom. The number of hydrogen-bond donors (Lipinski definition) is 8. The molecule has 0 spiro atoms. The van der Waals surface area contributed by atoms with Crippen molar-refractivity contribution < 1.29 is 30.0 Å². The summed E-state index contributed by atoms with van der Waals surface area (Å²) in [5, 5.41) is 44.6. The van der Waals surface area contributed by atoms with E-state index in [1.165, 1.54) is 0 Å². The maximum absolute atomic E-state index is 11.8. The molecular formula is C40H53N5O6. The standard InChI is InChI=1S/C40H53N5O6/c1-21-27(11-13-37(48)49)32-18-33-28(12-14-38(50)51)22(2)30(43-33)19-35-24(4)40(26(6)47)36(45(35)16-10-8-7-9-15-41)20-31-23(3)39(25(5)46)34(44-31)17-29(21)42-32/h17-20,25-26,42-44,46-47H,7-16,41H2,1-6H3,(H,48,49)(H,50,51). The van der Waals surface area contributed by atoms with Gasteiger partial charge >= 0.3 is 11.9 Å². The van der Waals surface area contributed by atoms with Crippen molar-refractivity contribution >= 4 is 36.2 Å². The number of hydrogen-bond acceptors (Lipinski definition) is 5. The second-order valence-electron chi connectivity index (χ2n) is 14.0. The van der Waals surface area contributed by atoms with Crippen molar-refractivity contribution in [1.82, 2.24) is 19.5 Å². The molecule has 11 heteroatoms. The second kappa shape index (κ2) is 15.8. The smallest absolute Gasteiger partial charge is 0.303 e. The lowest BCUT2D eigenvalue weighted by Crippen LogP contribution is -2.16. The average Bonchev–Trinajstić information content (AvgIpc) is 3.71. The van der Waals surface area contributed by atoms with Gasteiger partial charge in [-0.05, 0) is 131 Å². The van der Waals surface area contributed by atoms with Gasteiger partial charge in [-0.1, -0.05) is 12.8 Å². The number of aromatic amines is 3. The van der Waals surface area contributed by atoms with Crippen LogP contribution >= 0.6 is 0 Å². The molecule has 0 saturated heterocycles. The van der Waals surface area contributed by atoms with Crippen LogP contribution in [0, 0.1) is 27.7 Å². The van der Waals surface area contributed by atoms with Crippen molar-refractivity contribution in [3.8, 4) is 0 Å². The number of aliphatic hydroxyl groups is 2. The van der Waals surface area contributed by atoms with Crippen LogP contribution in [-0.4, -0.2) is 58.4 Å². The molecule has 0 radical (unpaired) electrons. The van der Waals surface area contributed by atoms with E-state index in [1.807, 2.05) is 39.8 Å². The van der Waals surface area contributed by atoms with Crippen LogP contribution in [0.1, 0.15) is 132 Å². The van der Waals surface area contributed by atoms with Crippen LogP contribution < -0.4 is 27.1 Å². The monoisotopic (exact) mass is 699 g/mol. The van der Waals surface area contributed by atoms with E-state index < -0.39 is 24.1 Å². The largest absolute Gasteiger partial charge is 0.481 e. The molecule has 4 aromatic rings. The van der Waals surface area contributed by atoms with E-state index in [9.17, 15) is 30.0 Å². The maximum atomic E-state index is 11.8. The van der Waals surface area contributed by atoms with Gasteiger partial charge in [0, 0.05) is 74.7 Å². The summed E-state index contributed by atoms with van der Waals surface area (Å²) >= 11 is 0. The number of nitrogens with zero attached hydrogens (tertiary/aromatic N) is 1. The third kappa shape index (κ3) is 7.85. The van der Waals surface area contributed by atoms with E-state index in [0.29, 0.717) is 25.9 Å². The van der Waals surface area contributed by atoms with Gasteiger partial charge in [-0.2, -0.15) is 0 Å². The first-order valence-corrected chi connectivity index (χ1v) is 18.0. The van der Waals surface area contributed by atoms with Crippen molar-refractivity contribution in [2.24, 2.45) is 5.73 Å². The number of nitrogens with one attached hydrogen (secondary N) is 3. The topological polar surface area (TPSA) is 193 Å². The summed E-state index contributed by atoms with van der Waals surface area (Å²) in [6.45, 7) is 12.9. The molecule has 2 unspecified atom stereocenters. The summed E-state index contributed by atoms with van der Waals surface area (Å²) in [7, 11) is 0. The van der Waals surface area contributed by atoms with E-state index in [-0.39, 0.29) is 12.8 Å². The molecule has 0 fully saturated rings. The van der Waals surface area contributed by atoms with Gasteiger partial charge in [0.25, 0.3) is 0 Å². The van der Waals surface area contributed by atoms with E-state index in [4.69, 9.17) is 5.73 Å². The van der Waals surface area contributed by atoms with Gasteiger partial charge in [0.1, 0.15) is 0 Å². The lowest BCUT2D eigenvalue weighted by molar-refractivity contribution is -0.138. The Morgan fingerprint density at radius 2 is 1.22 bits per heavy atom. The number of carboxylic acids is 2. The van der Waals surface area contributed by atoms with Crippen LogP contribution in [0.15, 0.2) is 0 Å².